The third-order valence-corrected chi connectivity index (χ3v) is 7.91. The largest absolute Gasteiger partial charge is 0.383 e. The van der Waals surface area contributed by atoms with Gasteiger partial charge in [-0.25, -0.2) is 9.52 Å². The molecule has 2 aromatic rings. The predicted molar refractivity (Wildman–Crippen MR) is 133 cm³/mol. The van der Waals surface area contributed by atoms with E-state index in [0.29, 0.717) is 26.3 Å². The molecule has 196 valence electrons. The van der Waals surface area contributed by atoms with Crippen molar-refractivity contribution < 1.29 is 27.5 Å². The summed E-state index contributed by atoms with van der Waals surface area (Å²) in [6, 6.07) is 2.56. The van der Waals surface area contributed by atoms with E-state index in [4.69, 9.17) is 9.47 Å². The quantitative estimate of drug-likeness (QED) is 0.488. The maximum absolute atomic E-state index is 13.1. The first-order valence-corrected chi connectivity index (χ1v) is 13.5. The van der Waals surface area contributed by atoms with Crippen LogP contribution in [0.15, 0.2) is 17.2 Å². The number of urea groups is 1. The Morgan fingerprint density at radius 1 is 1.00 bits per heavy atom. The van der Waals surface area contributed by atoms with Gasteiger partial charge < -0.3 is 19.7 Å². The molecule has 2 N–H and O–H groups in total. The lowest BCUT2D eigenvalue weighted by Crippen LogP contribution is -2.37. The number of amides is 3. The number of fused-ring (bicyclic) bond motifs is 2. The molecular weight excluding hydrogens is 486 g/mol. The van der Waals surface area contributed by atoms with Gasteiger partial charge in [0.15, 0.2) is 5.03 Å². The minimum absolute atomic E-state index is 0.0710. The molecule has 0 unspecified atom stereocenters. The van der Waals surface area contributed by atoms with Crippen LogP contribution in [0.5, 0.6) is 0 Å². The van der Waals surface area contributed by atoms with Crippen molar-refractivity contribution in [2.75, 3.05) is 45.8 Å². The molecule has 0 radical (unpaired) electrons. The van der Waals surface area contributed by atoms with Gasteiger partial charge in [0.25, 0.3) is 15.9 Å². The van der Waals surface area contributed by atoms with Crippen LogP contribution < -0.4 is 10.0 Å². The molecule has 4 rings (SSSR count). The number of nitrogens with zero attached hydrogens (tertiary/aromatic N) is 3. The summed E-state index contributed by atoms with van der Waals surface area (Å²) in [4.78, 5) is 27.4. The number of ether oxygens (including phenoxy) is 2. The number of hydrogen-bond donors (Lipinski definition) is 2. The van der Waals surface area contributed by atoms with Gasteiger partial charge in [0.1, 0.15) is 5.69 Å². The summed E-state index contributed by atoms with van der Waals surface area (Å²) in [6.07, 6.45) is 5.69. The molecule has 36 heavy (non-hydrogen) atoms. The van der Waals surface area contributed by atoms with Gasteiger partial charge in [0, 0.05) is 46.1 Å². The van der Waals surface area contributed by atoms with Crippen LogP contribution in [-0.2, 0) is 52.2 Å². The number of sulfonamides is 1. The molecule has 0 spiro atoms. The molecule has 0 atom stereocenters. The second-order valence-electron chi connectivity index (χ2n) is 9.06. The van der Waals surface area contributed by atoms with Crippen LogP contribution in [0.1, 0.15) is 45.6 Å². The zero-order valence-corrected chi connectivity index (χ0v) is 21.7. The van der Waals surface area contributed by atoms with E-state index in [-0.39, 0.29) is 5.69 Å². The molecule has 2 aliphatic rings. The normalized spacial score (nSPS) is 14.4. The number of anilines is 1. The standard InChI is InChI=1S/C24H33N5O6S/c1-28-20(23(30)29(10-12-34-2)11-13-35-3)15-21(26-28)36(32,33)27-24(31)25-22-18-8-4-6-16(18)14-17-7-5-9-19(17)22/h14-15H,4-13H2,1-3H3,(H2,25,27,31). The van der Waals surface area contributed by atoms with Gasteiger partial charge in [0.2, 0.25) is 0 Å². The lowest BCUT2D eigenvalue weighted by Gasteiger charge is -2.21. The molecule has 1 heterocycles. The Morgan fingerprint density at radius 3 is 2.14 bits per heavy atom. The Labute approximate surface area is 211 Å². The molecule has 1 aromatic heterocycles. The van der Waals surface area contributed by atoms with Gasteiger partial charge in [-0.1, -0.05) is 6.07 Å². The second kappa shape index (κ2) is 11.0. The molecule has 0 saturated heterocycles. The molecule has 0 bridgehead atoms. The fraction of sp³-hybridized carbons (Fsp3) is 0.542. The smallest absolute Gasteiger partial charge is 0.333 e. The van der Waals surface area contributed by atoms with Crippen molar-refractivity contribution in [3.8, 4) is 0 Å². The summed E-state index contributed by atoms with van der Waals surface area (Å²) in [6.45, 7) is 1.23. The summed E-state index contributed by atoms with van der Waals surface area (Å²) in [5.74, 6) is -0.416. The van der Waals surface area contributed by atoms with Crippen LogP contribution >= 0.6 is 0 Å². The van der Waals surface area contributed by atoms with E-state index >= 15 is 0 Å². The highest BCUT2D eigenvalue weighted by molar-refractivity contribution is 7.90. The number of carbonyl (C=O) groups is 2. The molecule has 0 saturated carbocycles. The molecule has 0 fully saturated rings. The highest BCUT2D eigenvalue weighted by atomic mass is 32.2. The van der Waals surface area contributed by atoms with E-state index < -0.39 is 27.0 Å². The Kier molecular flexibility index (Phi) is 7.96. The van der Waals surface area contributed by atoms with Gasteiger partial charge in [-0.15, -0.1) is 0 Å². The number of benzene rings is 1. The number of aromatic nitrogens is 2. The molecule has 3 amide bonds. The number of rotatable bonds is 10. The fourth-order valence-corrected chi connectivity index (χ4v) is 5.83. The van der Waals surface area contributed by atoms with Crippen molar-refractivity contribution in [2.24, 2.45) is 7.05 Å². The second-order valence-corrected chi connectivity index (χ2v) is 10.7. The molecule has 2 aliphatic carbocycles. The van der Waals surface area contributed by atoms with Gasteiger partial charge >= 0.3 is 6.03 Å². The maximum atomic E-state index is 13.1. The van der Waals surface area contributed by atoms with Crippen molar-refractivity contribution in [3.05, 3.63) is 40.1 Å². The van der Waals surface area contributed by atoms with Crippen LogP contribution in [0, 0.1) is 0 Å². The zero-order chi connectivity index (χ0) is 25.9. The van der Waals surface area contributed by atoms with Crippen molar-refractivity contribution in [1.82, 2.24) is 19.4 Å². The summed E-state index contributed by atoms with van der Waals surface area (Å²) >= 11 is 0. The van der Waals surface area contributed by atoms with Crippen LogP contribution in [0.3, 0.4) is 0 Å². The number of methoxy groups -OCH3 is 2. The van der Waals surface area contributed by atoms with Crippen LogP contribution in [-0.4, -0.2) is 75.6 Å². The van der Waals surface area contributed by atoms with Gasteiger partial charge in [0.05, 0.1) is 13.2 Å². The minimum Gasteiger partial charge on any atom is -0.383 e. The van der Waals surface area contributed by atoms with E-state index in [1.807, 2.05) is 0 Å². The van der Waals surface area contributed by atoms with E-state index in [9.17, 15) is 18.0 Å². The minimum atomic E-state index is -4.32. The average molecular weight is 520 g/mol. The lowest BCUT2D eigenvalue weighted by molar-refractivity contribution is 0.0617. The highest BCUT2D eigenvalue weighted by Gasteiger charge is 2.29. The van der Waals surface area contributed by atoms with Crippen molar-refractivity contribution in [2.45, 2.75) is 43.6 Å². The first-order chi connectivity index (χ1) is 17.2. The third-order valence-electron chi connectivity index (χ3n) is 6.71. The van der Waals surface area contributed by atoms with Gasteiger partial charge in [-0.05, 0) is 60.8 Å². The topological polar surface area (TPSA) is 132 Å². The molecule has 12 heteroatoms. The summed E-state index contributed by atoms with van der Waals surface area (Å²) in [7, 11) is 0.224. The summed E-state index contributed by atoms with van der Waals surface area (Å²) < 4.78 is 39.4. The Morgan fingerprint density at radius 2 is 1.58 bits per heavy atom. The fourth-order valence-electron chi connectivity index (χ4n) is 4.93. The number of hydrogen-bond acceptors (Lipinski definition) is 7. The van der Waals surface area contributed by atoms with E-state index in [2.05, 4.69) is 21.2 Å². The van der Waals surface area contributed by atoms with Crippen LogP contribution in [0.25, 0.3) is 0 Å². The Balaban J connectivity index is 1.51. The van der Waals surface area contributed by atoms with Crippen molar-refractivity contribution in [3.63, 3.8) is 0 Å². The van der Waals surface area contributed by atoms with Gasteiger partial charge in [-0.2, -0.15) is 13.5 Å². The monoisotopic (exact) mass is 519 g/mol. The molecule has 11 nitrogen and oxygen atoms in total. The van der Waals surface area contributed by atoms with Crippen LogP contribution in [0.4, 0.5) is 10.5 Å². The first-order valence-electron chi connectivity index (χ1n) is 12.1. The van der Waals surface area contributed by atoms with E-state index in [0.717, 1.165) is 55.3 Å². The molecule has 0 aliphatic heterocycles. The SMILES string of the molecule is COCCN(CCOC)C(=O)c1cc(S(=O)(=O)NC(=O)Nc2c3c(cc4c2CCC4)CCC3)nn1C. The summed E-state index contributed by atoms with van der Waals surface area (Å²) in [5.41, 5.74) is 5.47. The van der Waals surface area contributed by atoms with E-state index in [1.165, 1.54) is 48.0 Å². The first kappa shape index (κ1) is 26.1. The highest BCUT2D eigenvalue weighted by Crippen LogP contribution is 2.38. The number of carbonyl (C=O) groups excluding carboxylic acids is 2. The average Bonchev–Trinajstić information content (AvgIpc) is 3.58. The van der Waals surface area contributed by atoms with Crippen molar-refractivity contribution >= 4 is 27.6 Å². The third kappa shape index (κ3) is 5.40. The van der Waals surface area contributed by atoms with Crippen molar-refractivity contribution in [1.29, 1.82) is 0 Å². The number of nitrogens with one attached hydrogen (secondary N) is 2. The maximum Gasteiger partial charge on any atom is 0.333 e. The molecular formula is C24H33N5O6S. The Hall–Kier alpha value is -2.96. The Bertz CT molecular complexity index is 1220. The zero-order valence-electron chi connectivity index (χ0n) is 20.9. The molecule has 1 aromatic carbocycles. The predicted octanol–water partition coefficient (Wildman–Crippen LogP) is 1.64. The summed E-state index contributed by atoms with van der Waals surface area (Å²) in [5, 5.41) is 6.40. The number of aryl methyl sites for hydroxylation is 3. The van der Waals surface area contributed by atoms with Gasteiger partial charge in [-0.3, -0.25) is 9.48 Å². The lowest BCUT2D eigenvalue weighted by atomic mass is 9.99. The van der Waals surface area contributed by atoms with E-state index in [1.54, 1.807) is 0 Å². The van der Waals surface area contributed by atoms with Crippen LogP contribution in [0.2, 0.25) is 0 Å².